The topological polar surface area (TPSA) is 94.1 Å². The fourth-order valence-corrected chi connectivity index (χ4v) is 2.05. The second kappa shape index (κ2) is 8.70. The summed E-state index contributed by atoms with van der Waals surface area (Å²) in [5.41, 5.74) is 1.42. The van der Waals surface area contributed by atoms with Crippen molar-refractivity contribution in [2.75, 3.05) is 26.1 Å². The Morgan fingerprint density at radius 1 is 1.04 bits per heavy atom. The Morgan fingerprint density at radius 3 is 2.36 bits per heavy atom. The molecule has 0 aromatic heterocycles. The van der Waals surface area contributed by atoms with Crippen molar-refractivity contribution in [2.45, 2.75) is 6.61 Å². The van der Waals surface area contributed by atoms with E-state index in [0.717, 1.165) is 0 Å². The number of hydrogen-bond donors (Lipinski definition) is 2. The van der Waals surface area contributed by atoms with Gasteiger partial charge < -0.3 is 24.6 Å². The lowest BCUT2D eigenvalue weighted by Gasteiger charge is -2.11. The molecule has 0 heterocycles. The first-order valence-corrected chi connectivity index (χ1v) is 7.46. The molecule has 0 radical (unpaired) electrons. The standard InChI is InChI=1S/C18H19NO6/c1-23-14-7-8-15(16(9-14)24-2)19-17(21)11-25-18(22)13-5-3-12(10-20)4-6-13/h3-9,20H,10-11H2,1-2H3,(H,19,21). The molecule has 0 aliphatic rings. The number of methoxy groups -OCH3 is 2. The largest absolute Gasteiger partial charge is 0.497 e. The molecular weight excluding hydrogens is 326 g/mol. The molecule has 0 aliphatic heterocycles. The Balaban J connectivity index is 1.92. The highest BCUT2D eigenvalue weighted by molar-refractivity contribution is 5.96. The summed E-state index contributed by atoms with van der Waals surface area (Å²) in [6.45, 7) is -0.544. The minimum absolute atomic E-state index is 0.110. The van der Waals surface area contributed by atoms with E-state index in [0.29, 0.717) is 28.3 Å². The van der Waals surface area contributed by atoms with Crippen LogP contribution in [-0.4, -0.2) is 37.8 Å². The number of aliphatic hydroxyl groups excluding tert-OH is 1. The molecular formula is C18H19NO6. The third-order valence-corrected chi connectivity index (χ3v) is 3.39. The summed E-state index contributed by atoms with van der Waals surface area (Å²) in [5.74, 6) is -0.101. The average Bonchev–Trinajstić information content (AvgIpc) is 2.66. The van der Waals surface area contributed by atoms with Gasteiger partial charge in [0.2, 0.25) is 0 Å². The lowest BCUT2D eigenvalue weighted by molar-refractivity contribution is -0.119. The average molecular weight is 345 g/mol. The van der Waals surface area contributed by atoms with Crippen LogP contribution in [0.25, 0.3) is 0 Å². The number of esters is 1. The van der Waals surface area contributed by atoms with Gasteiger partial charge in [0, 0.05) is 6.07 Å². The number of hydrogen-bond acceptors (Lipinski definition) is 6. The predicted molar refractivity (Wildman–Crippen MR) is 90.8 cm³/mol. The molecule has 25 heavy (non-hydrogen) atoms. The van der Waals surface area contributed by atoms with Gasteiger partial charge in [0.1, 0.15) is 11.5 Å². The monoisotopic (exact) mass is 345 g/mol. The fraction of sp³-hybridized carbons (Fsp3) is 0.222. The van der Waals surface area contributed by atoms with E-state index in [-0.39, 0.29) is 6.61 Å². The van der Waals surface area contributed by atoms with Gasteiger partial charge in [-0.15, -0.1) is 0 Å². The zero-order chi connectivity index (χ0) is 18.2. The highest BCUT2D eigenvalue weighted by atomic mass is 16.5. The number of rotatable bonds is 7. The van der Waals surface area contributed by atoms with Gasteiger partial charge in [-0.3, -0.25) is 4.79 Å². The van der Waals surface area contributed by atoms with Gasteiger partial charge in [-0.2, -0.15) is 0 Å². The highest BCUT2D eigenvalue weighted by Crippen LogP contribution is 2.28. The number of anilines is 1. The van der Waals surface area contributed by atoms with Crippen molar-refractivity contribution in [3.8, 4) is 11.5 Å². The van der Waals surface area contributed by atoms with Gasteiger partial charge in [0.25, 0.3) is 5.91 Å². The molecule has 0 saturated carbocycles. The van der Waals surface area contributed by atoms with E-state index < -0.39 is 18.5 Å². The number of benzene rings is 2. The van der Waals surface area contributed by atoms with Gasteiger partial charge in [0.15, 0.2) is 6.61 Å². The second-order valence-corrected chi connectivity index (χ2v) is 5.05. The van der Waals surface area contributed by atoms with Crippen LogP contribution in [0.15, 0.2) is 42.5 Å². The quantitative estimate of drug-likeness (QED) is 0.746. The van der Waals surface area contributed by atoms with Crippen LogP contribution in [0.1, 0.15) is 15.9 Å². The molecule has 0 aliphatic carbocycles. The molecule has 1 amide bonds. The van der Waals surface area contributed by atoms with Gasteiger partial charge in [0.05, 0.1) is 32.1 Å². The molecule has 0 spiro atoms. The van der Waals surface area contributed by atoms with Gasteiger partial charge >= 0.3 is 5.97 Å². The number of aliphatic hydroxyl groups is 1. The molecule has 7 heteroatoms. The van der Waals surface area contributed by atoms with Crippen LogP contribution in [0.5, 0.6) is 11.5 Å². The Hall–Kier alpha value is -3.06. The van der Waals surface area contributed by atoms with Crippen LogP contribution in [0.3, 0.4) is 0 Å². The molecule has 0 saturated heterocycles. The van der Waals surface area contributed by atoms with E-state index in [2.05, 4.69) is 5.32 Å². The van der Waals surface area contributed by atoms with Crippen LogP contribution >= 0.6 is 0 Å². The number of carbonyl (C=O) groups excluding carboxylic acids is 2. The van der Waals surface area contributed by atoms with Crippen molar-refractivity contribution in [2.24, 2.45) is 0 Å². The molecule has 0 bridgehead atoms. The fourth-order valence-electron chi connectivity index (χ4n) is 2.05. The number of carbonyl (C=O) groups is 2. The third kappa shape index (κ3) is 4.95. The van der Waals surface area contributed by atoms with E-state index in [1.54, 1.807) is 30.3 Å². The maximum atomic E-state index is 12.0. The van der Waals surface area contributed by atoms with E-state index >= 15 is 0 Å². The summed E-state index contributed by atoms with van der Waals surface area (Å²) in [4.78, 5) is 23.9. The molecule has 0 fully saturated rings. The minimum Gasteiger partial charge on any atom is -0.497 e. The predicted octanol–water partition coefficient (Wildman–Crippen LogP) is 1.99. The van der Waals surface area contributed by atoms with Crippen LogP contribution in [0.2, 0.25) is 0 Å². The second-order valence-electron chi connectivity index (χ2n) is 5.05. The molecule has 7 nitrogen and oxygen atoms in total. The number of nitrogens with one attached hydrogen (secondary N) is 1. The van der Waals surface area contributed by atoms with Crippen molar-refractivity contribution in [3.63, 3.8) is 0 Å². The van der Waals surface area contributed by atoms with Crippen molar-refractivity contribution in [3.05, 3.63) is 53.6 Å². The van der Waals surface area contributed by atoms with Crippen molar-refractivity contribution < 1.29 is 28.9 Å². The van der Waals surface area contributed by atoms with Crippen LogP contribution in [-0.2, 0) is 16.1 Å². The van der Waals surface area contributed by atoms with Crippen LogP contribution in [0.4, 0.5) is 5.69 Å². The van der Waals surface area contributed by atoms with Gasteiger partial charge in [-0.25, -0.2) is 4.79 Å². The van der Waals surface area contributed by atoms with Crippen molar-refractivity contribution in [1.29, 1.82) is 0 Å². The van der Waals surface area contributed by atoms with Crippen molar-refractivity contribution >= 4 is 17.6 Å². The maximum absolute atomic E-state index is 12.0. The SMILES string of the molecule is COc1ccc(NC(=O)COC(=O)c2ccc(CO)cc2)c(OC)c1. The van der Waals surface area contributed by atoms with Crippen LogP contribution < -0.4 is 14.8 Å². The minimum atomic E-state index is -0.624. The van der Waals surface area contributed by atoms with Crippen LogP contribution in [0, 0.1) is 0 Å². The molecule has 2 aromatic rings. The van der Waals surface area contributed by atoms with E-state index in [1.807, 2.05) is 0 Å². The summed E-state index contributed by atoms with van der Waals surface area (Å²) in [6.07, 6.45) is 0. The lowest BCUT2D eigenvalue weighted by atomic mass is 10.1. The third-order valence-electron chi connectivity index (χ3n) is 3.39. The molecule has 132 valence electrons. The molecule has 2 N–H and O–H groups in total. The van der Waals surface area contributed by atoms with E-state index in [9.17, 15) is 9.59 Å². The zero-order valence-electron chi connectivity index (χ0n) is 13.9. The maximum Gasteiger partial charge on any atom is 0.338 e. The van der Waals surface area contributed by atoms with Gasteiger partial charge in [-0.1, -0.05) is 12.1 Å². The summed E-state index contributed by atoms with van der Waals surface area (Å²) in [6, 6.07) is 11.2. The Kier molecular flexibility index (Phi) is 6.36. The smallest absolute Gasteiger partial charge is 0.338 e. The summed E-state index contributed by atoms with van der Waals surface area (Å²) >= 11 is 0. The summed E-state index contributed by atoms with van der Waals surface area (Å²) in [7, 11) is 3.00. The highest BCUT2D eigenvalue weighted by Gasteiger charge is 2.12. The molecule has 0 atom stereocenters. The first kappa shape index (κ1) is 18.3. The summed E-state index contributed by atoms with van der Waals surface area (Å²) < 4.78 is 15.2. The molecule has 2 aromatic carbocycles. The first-order chi connectivity index (χ1) is 12.1. The summed E-state index contributed by atoms with van der Waals surface area (Å²) in [5, 5.41) is 11.6. The van der Waals surface area contributed by atoms with Gasteiger partial charge in [-0.05, 0) is 29.8 Å². The Morgan fingerprint density at radius 2 is 1.76 bits per heavy atom. The van der Waals surface area contributed by atoms with E-state index in [1.165, 1.54) is 26.4 Å². The lowest BCUT2D eigenvalue weighted by Crippen LogP contribution is -2.21. The van der Waals surface area contributed by atoms with Crippen molar-refractivity contribution in [1.82, 2.24) is 0 Å². The Labute approximate surface area is 145 Å². The molecule has 2 rings (SSSR count). The Bertz CT molecular complexity index is 742. The first-order valence-electron chi connectivity index (χ1n) is 7.46. The normalized spacial score (nSPS) is 10.0. The molecule has 0 unspecified atom stereocenters. The zero-order valence-corrected chi connectivity index (χ0v) is 13.9. The number of ether oxygens (including phenoxy) is 3. The van der Waals surface area contributed by atoms with E-state index in [4.69, 9.17) is 19.3 Å². The number of amides is 1.